The molecule has 0 aliphatic heterocycles. The smallest absolute Gasteiger partial charge is 0.254 e. The number of nitrogens with one attached hydrogen (secondary N) is 1. The molecule has 1 aromatic rings. The third kappa shape index (κ3) is 2.46. The first kappa shape index (κ1) is 13.6. The number of hydrogen-bond donors (Lipinski definition) is 2. The molecule has 0 spiro atoms. The summed E-state index contributed by atoms with van der Waals surface area (Å²) in [5.74, 6) is -0.0635. The molecule has 3 rings (SSSR count). The molecule has 1 amide bonds. The zero-order chi connectivity index (χ0) is 14.2. The fraction of sp³-hybridized carbons (Fsp3) is 0.733. The normalized spacial score (nSPS) is 21.1. The van der Waals surface area contributed by atoms with Gasteiger partial charge in [-0.3, -0.25) is 9.48 Å². The van der Waals surface area contributed by atoms with Crippen molar-refractivity contribution < 1.29 is 9.90 Å². The highest BCUT2D eigenvalue weighted by molar-refractivity contribution is 5.95. The van der Waals surface area contributed by atoms with Crippen LogP contribution in [0.2, 0.25) is 0 Å². The third-order valence-corrected chi connectivity index (χ3v) is 4.88. The molecule has 0 bridgehead atoms. The molecule has 2 aliphatic rings. The van der Waals surface area contributed by atoms with E-state index in [9.17, 15) is 9.90 Å². The van der Waals surface area contributed by atoms with Gasteiger partial charge in [0.2, 0.25) is 0 Å². The Morgan fingerprint density at radius 3 is 2.80 bits per heavy atom. The molecule has 1 aromatic heterocycles. The highest BCUT2D eigenvalue weighted by Crippen LogP contribution is 2.44. The summed E-state index contributed by atoms with van der Waals surface area (Å²) in [5, 5.41) is 16.6. The summed E-state index contributed by atoms with van der Waals surface area (Å²) >= 11 is 0. The summed E-state index contributed by atoms with van der Waals surface area (Å²) in [4.78, 5) is 12.2. The lowest BCUT2D eigenvalue weighted by Crippen LogP contribution is -2.32. The van der Waals surface area contributed by atoms with E-state index >= 15 is 0 Å². The summed E-state index contributed by atoms with van der Waals surface area (Å²) in [5.41, 5.74) is 1.58. The predicted octanol–water partition coefficient (Wildman–Crippen LogP) is 1.81. The number of amides is 1. The van der Waals surface area contributed by atoms with E-state index in [4.69, 9.17) is 0 Å². The third-order valence-electron chi connectivity index (χ3n) is 4.88. The molecule has 5 nitrogen and oxygen atoms in total. The van der Waals surface area contributed by atoms with Gasteiger partial charge in [-0.05, 0) is 32.6 Å². The summed E-state index contributed by atoms with van der Waals surface area (Å²) in [7, 11) is 0. The zero-order valence-electron chi connectivity index (χ0n) is 12.1. The van der Waals surface area contributed by atoms with Crippen molar-refractivity contribution in [3.63, 3.8) is 0 Å². The summed E-state index contributed by atoms with van der Waals surface area (Å²) in [6, 6.07) is 0.462. The number of aliphatic hydroxyl groups excluding tert-OH is 1. The number of carbonyl (C=O) groups excluding carboxylic acids is 1. The molecule has 2 aliphatic carbocycles. The molecule has 110 valence electrons. The summed E-state index contributed by atoms with van der Waals surface area (Å²) < 4.78 is 2.01. The zero-order valence-corrected chi connectivity index (χ0v) is 12.1. The monoisotopic (exact) mass is 277 g/mol. The van der Waals surface area contributed by atoms with Gasteiger partial charge in [0, 0.05) is 17.7 Å². The van der Waals surface area contributed by atoms with Crippen LogP contribution in [0.25, 0.3) is 0 Å². The van der Waals surface area contributed by atoms with Crippen LogP contribution in [0, 0.1) is 12.3 Å². The molecule has 2 saturated carbocycles. The first-order valence-electron chi connectivity index (χ1n) is 7.58. The fourth-order valence-electron chi connectivity index (χ4n) is 3.09. The molecule has 1 heterocycles. The average Bonchev–Trinajstić information content (AvgIpc) is 2.85. The number of hydrogen-bond acceptors (Lipinski definition) is 3. The molecule has 0 unspecified atom stereocenters. The van der Waals surface area contributed by atoms with E-state index in [1.165, 1.54) is 12.8 Å². The van der Waals surface area contributed by atoms with Crippen molar-refractivity contribution in [1.29, 1.82) is 0 Å². The molecule has 5 heteroatoms. The Labute approximate surface area is 119 Å². The van der Waals surface area contributed by atoms with Crippen LogP contribution in [0.4, 0.5) is 0 Å². The lowest BCUT2D eigenvalue weighted by molar-refractivity contribution is 0.0934. The van der Waals surface area contributed by atoms with Crippen molar-refractivity contribution in [2.75, 3.05) is 13.2 Å². The van der Waals surface area contributed by atoms with Gasteiger partial charge in [0.25, 0.3) is 5.91 Å². The second-order valence-corrected chi connectivity index (χ2v) is 6.37. The number of rotatable bonds is 5. The SMILES string of the molecule is Cc1c(C(=O)NCC2(CO)CC2)cnn1C1CCCC1. The van der Waals surface area contributed by atoms with Crippen LogP contribution in [0.1, 0.15) is 60.6 Å². The Morgan fingerprint density at radius 1 is 1.50 bits per heavy atom. The van der Waals surface area contributed by atoms with Crippen LogP contribution in [-0.2, 0) is 0 Å². The Morgan fingerprint density at radius 2 is 2.20 bits per heavy atom. The van der Waals surface area contributed by atoms with E-state index in [1.54, 1.807) is 6.20 Å². The summed E-state index contributed by atoms with van der Waals surface area (Å²) in [6.07, 6.45) is 8.53. The average molecular weight is 277 g/mol. The lowest BCUT2D eigenvalue weighted by Gasteiger charge is -2.14. The fourth-order valence-corrected chi connectivity index (χ4v) is 3.09. The van der Waals surface area contributed by atoms with Crippen molar-refractivity contribution in [2.45, 2.75) is 51.5 Å². The van der Waals surface area contributed by atoms with Gasteiger partial charge >= 0.3 is 0 Å². The first-order valence-corrected chi connectivity index (χ1v) is 7.58. The highest BCUT2D eigenvalue weighted by atomic mass is 16.3. The molecule has 2 N–H and O–H groups in total. The molecular formula is C15H23N3O2. The Kier molecular flexibility index (Phi) is 3.54. The van der Waals surface area contributed by atoms with Gasteiger partial charge in [-0.1, -0.05) is 12.8 Å². The van der Waals surface area contributed by atoms with Gasteiger partial charge in [0.15, 0.2) is 0 Å². The minimum Gasteiger partial charge on any atom is -0.396 e. The van der Waals surface area contributed by atoms with Gasteiger partial charge in [-0.25, -0.2) is 0 Å². The lowest BCUT2D eigenvalue weighted by atomic mass is 10.1. The molecule has 2 fully saturated rings. The second-order valence-electron chi connectivity index (χ2n) is 6.37. The number of aliphatic hydroxyl groups is 1. The number of nitrogens with zero attached hydrogens (tertiary/aromatic N) is 2. The molecule has 0 radical (unpaired) electrons. The van der Waals surface area contributed by atoms with Crippen molar-refractivity contribution in [1.82, 2.24) is 15.1 Å². The Hall–Kier alpha value is -1.36. The Bertz CT molecular complexity index is 499. The van der Waals surface area contributed by atoms with Crippen LogP contribution in [0.3, 0.4) is 0 Å². The maximum absolute atomic E-state index is 12.2. The van der Waals surface area contributed by atoms with Gasteiger partial charge in [0.1, 0.15) is 0 Å². The van der Waals surface area contributed by atoms with Gasteiger partial charge in [0.05, 0.1) is 24.4 Å². The van der Waals surface area contributed by atoms with Crippen molar-refractivity contribution in [2.24, 2.45) is 5.41 Å². The minimum atomic E-state index is -0.0635. The van der Waals surface area contributed by atoms with Crippen LogP contribution in [-0.4, -0.2) is 33.9 Å². The standard InChI is InChI=1S/C15H23N3O2/c1-11-13(8-17-18(11)12-4-2-3-5-12)14(20)16-9-15(10-19)6-7-15/h8,12,19H,2-7,9-10H2,1H3,(H,16,20). The molecule has 0 aromatic carbocycles. The van der Waals surface area contributed by atoms with Gasteiger partial charge < -0.3 is 10.4 Å². The highest BCUT2D eigenvalue weighted by Gasteiger charge is 2.42. The van der Waals surface area contributed by atoms with E-state index < -0.39 is 0 Å². The number of aromatic nitrogens is 2. The van der Waals surface area contributed by atoms with Crippen LogP contribution < -0.4 is 5.32 Å². The topological polar surface area (TPSA) is 67.2 Å². The van der Waals surface area contributed by atoms with E-state index in [2.05, 4.69) is 10.4 Å². The van der Waals surface area contributed by atoms with Gasteiger partial charge in [-0.2, -0.15) is 5.10 Å². The minimum absolute atomic E-state index is 0.0506. The quantitative estimate of drug-likeness (QED) is 0.862. The van der Waals surface area contributed by atoms with Crippen molar-refractivity contribution in [3.8, 4) is 0 Å². The van der Waals surface area contributed by atoms with Crippen LogP contribution in [0.5, 0.6) is 0 Å². The van der Waals surface area contributed by atoms with Crippen molar-refractivity contribution in [3.05, 3.63) is 17.5 Å². The van der Waals surface area contributed by atoms with Gasteiger partial charge in [-0.15, -0.1) is 0 Å². The summed E-state index contributed by atoms with van der Waals surface area (Å²) in [6.45, 7) is 2.70. The predicted molar refractivity (Wildman–Crippen MR) is 75.6 cm³/mol. The first-order chi connectivity index (χ1) is 9.65. The number of carbonyl (C=O) groups is 1. The maximum atomic E-state index is 12.2. The van der Waals surface area contributed by atoms with Crippen LogP contribution in [0.15, 0.2) is 6.20 Å². The molecule has 0 atom stereocenters. The Balaban J connectivity index is 1.65. The largest absolute Gasteiger partial charge is 0.396 e. The second kappa shape index (κ2) is 5.20. The van der Waals surface area contributed by atoms with Crippen LogP contribution >= 0.6 is 0 Å². The molecule has 20 heavy (non-hydrogen) atoms. The van der Waals surface area contributed by atoms with E-state index in [0.717, 1.165) is 31.4 Å². The molecule has 0 saturated heterocycles. The molecular weight excluding hydrogens is 254 g/mol. The van der Waals surface area contributed by atoms with E-state index in [1.807, 2.05) is 11.6 Å². The maximum Gasteiger partial charge on any atom is 0.254 e. The van der Waals surface area contributed by atoms with E-state index in [-0.39, 0.29) is 17.9 Å². The van der Waals surface area contributed by atoms with Crippen molar-refractivity contribution >= 4 is 5.91 Å². The van der Waals surface area contributed by atoms with E-state index in [0.29, 0.717) is 18.2 Å².